The van der Waals surface area contributed by atoms with E-state index >= 15 is 0 Å². The van der Waals surface area contributed by atoms with Gasteiger partial charge in [-0.2, -0.15) is 0 Å². The zero-order valence-corrected chi connectivity index (χ0v) is 36.2. The summed E-state index contributed by atoms with van der Waals surface area (Å²) in [5.74, 6) is 0. The highest BCUT2D eigenvalue weighted by atomic mass is 32.1. The molecule has 0 saturated heterocycles. The first-order valence-corrected chi connectivity index (χ1v) is 23.3. The third-order valence-corrected chi connectivity index (χ3v) is 15.4. The molecule has 0 bridgehead atoms. The fraction of sp³-hybridized carbons (Fsp3) is 0.0159. The molecule has 0 saturated carbocycles. The van der Waals surface area contributed by atoms with Gasteiger partial charge in [0, 0.05) is 37.2 Å². The van der Waals surface area contributed by atoms with E-state index in [0.29, 0.717) is 0 Å². The van der Waals surface area contributed by atoms with Crippen LogP contribution in [0.2, 0.25) is 0 Å². The van der Waals surface area contributed by atoms with Gasteiger partial charge in [-0.25, -0.2) is 0 Å². The maximum Gasteiger partial charge on any atom is 0.0725 e. The monoisotopic (exact) mass is 841 g/mol. The molecule has 1 spiro atoms. The van der Waals surface area contributed by atoms with Gasteiger partial charge >= 0.3 is 0 Å². The van der Waals surface area contributed by atoms with E-state index in [1.54, 1.807) is 0 Å². The van der Waals surface area contributed by atoms with Crippen molar-refractivity contribution in [3.63, 3.8) is 0 Å². The Hall–Kier alpha value is -8.04. The zero-order chi connectivity index (χ0) is 42.6. The van der Waals surface area contributed by atoms with Gasteiger partial charge in [-0.15, -0.1) is 11.3 Å². The fourth-order valence-electron chi connectivity index (χ4n) is 11.4. The van der Waals surface area contributed by atoms with Crippen molar-refractivity contribution in [3.05, 3.63) is 259 Å². The molecule has 0 amide bonds. The molecule has 0 N–H and O–H groups in total. The highest BCUT2D eigenvalue weighted by Gasteiger charge is 2.52. The van der Waals surface area contributed by atoms with Crippen molar-refractivity contribution in [2.75, 3.05) is 4.90 Å². The number of hydrogen-bond acceptors (Lipinski definition) is 2. The van der Waals surface area contributed by atoms with Crippen LogP contribution in [0.4, 0.5) is 17.1 Å². The van der Waals surface area contributed by atoms with Gasteiger partial charge in [0.2, 0.25) is 0 Å². The van der Waals surface area contributed by atoms with Crippen LogP contribution in [0, 0.1) is 0 Å². The number of benzene rings is 11. The smallest absolute Gasteiger partial charge is 0.0725 e. The van der Waals surface area contributed by atoms with Crippen LogP contribution in [0.5, 0.6) is 0 Å². The Kier molecular flexibility index (Phi) is 7.84. The molecule has 2 aliphatic carbocycles. The van der Waals surface area contributed by atoms with E-state index in [-0.39, 0.29) is 5.41 Å². The van der Waals surface area contributed by atoms with Crippen LogP contribution in [0.1, 0.15) is 22.3 Å². The number of fused-ring (bicyclic) bond motifs is 16. The Labute approximate surface area is 381 Å². The van der Waals surface area contributed by atoms with E-state index in [4.69, 9.17) is 0 Å². The molecular formula is C63H39NS. The van der Waals surface area contributed by atoms with E-state index in [1.807, 2.05) is 11.3 Å². The second-order valence-corrected chi connectivity index (χ2v) is 18.7. The second kappa shape index (κ2) is 14.0. The minimum Gasteiger partial charge on any atom is -0.310 e. The van der Waals surface area contributed by atoms with Crippen LogP contribution in [0.3, 0.4) is 0 Å². The fourth-order valence-corrected chi connectivity index (χ4v) is 12.5. The van der Waals surface area contributed by atoms with Crippen molar-refractivity contribution in [2.45, 2.75) is 5.41 Å². The largest absolute Gasteiger partial charge is 0.310 e. The van der Waals surface area contributed by atoms with Crippen molar-refractivity contribution < 1.29 is 0 Å². The number of nitrogens with zero attached hydrogens (tertiary/aromatic N) is 1. The van der Waals surface area contributed by atoms with Crippen molar-refractivity contribution in [2.24, 2.45) is 0 Å². The molecule has 2 aliphatic rings. The van der Waals surface area contributed by atoms with Crippen molar-refractivity contribution in [3.8, 4) is 44.5 Å². The third-order valence-electron chi connectivity index (χ3n) is 14.2. The van der Waals surface area contributed by atoms with E-state index in [0.717, 1.165) is 17.1 Å². The summed E-state index contributed by atoms with van der Waals surface area (Å²) in [5.41, 5.74) is 18.7. The summed E-state index contributed by atoms with van der Waals surface area (Å²) in [4.78, 5) is 2.42. The molecule has 65 heavy (non-hydrogen) atoms. The first-order chi connectivity index (χ1) is 32.2. The third kappa shape index (κ3) is 5.32. The van der Waals surface area contributed by atoms with E-state index in [9.17, 15) is 0 Å². The average Bonchev–Trinajstić information content (AvgIpc) is 4.00. The Morgan fingerprint density at radius 1 is 0.292 bits per heavy atom. The molecule has 1 aromatic heterocycles. The minimum atomic E-state index is -0.387. The van der Waals surface area contributed by atoms with Gasteiger partial charge in [0.05, 0.1) is 5.41 Å². The topological polar surface area (TPSA) is 3.24 Å². The molecular weight excluding hydrogens is 803 g/mol. The Morgan fingerprint density at radius 2 is 0.862 bits per heavy atom. The number of thiophene rings is 1. The predicted molar refractivity (Wildman–Crippen MR) is 276 cm³/mol. The van der Waals surface area contributed by atoms with Crippen molar-refractivity contribution >= 4 is 70.1 Å². The van der Waals surface area contributed by atoms with Crippen molar-refractivity contribution in [1.29, 1.82) is 0 Å². The van der Waals surface area contributed by atoms with Crippen LogP contribution in [-0.4, -0.2) is 0 Å². The molecule has 12 aromatic rings. The number of hydrogen-bond donors (Lipinski definition) is 0. The lowest BCUT2D eigenvalue weighted by Crippen LogP contribution is -2.25. The first-order valence-electron chi connectivity index (χ1n) is 22.5. The molecule has 0 radical (unpaired) electrons. The van der Waals surface area contributed by atoms with Crippen LogP contribution in [0.25, 0.3) is 86.2 Å². The minimum absolute atomic E-state index is 0.387. The molecule has 1 heterocycles. The normalized spacial score (nSPS) is 14.5. The van der Waals surface area contributed by atoms with Crippen LogP contribution < -0.4 is 4.90 Å². The van der Waals surface area contributed by atoms with E-state index < -0.39 is 0 Å². The van der Waals surface area contributed by atoms with Crippen LogP contribution >= 0.6 is 11.3 Å². The Bertz CT molecular complexity index is 3910. The lowest BCUT2D eigenvalue weighted by Gasteiger charge is -2.30. The molecule has 14 rings (SSSR count). The summed E-state index contributed by atoms with van der Waals surface area (Å²) < 4.78 is 2.58. The average molecular weight is 842 g/mol. The summed E-state index contributed by atoms with van der Waals surface area (Å²) in [6.07, 6.45) is 0. The molecule has 1 nitrogen and oxygen atoms in total. The molecule has 1 atom stereocenters. The second-order valence-electron chi connectivity index (χ2n) is 17.6. The number of rotatable bonds is 5. The zero-order valence-electron chi connectivity index (χ0n) is 35.4. The summed E-state index contributed by atoms with van der Waals surface area (Å²) in [7, 11) is 0. The summed E-state index contributed by atoms with van der Waals surface area (Å²) in [5, 5.41) is 7.60. The van der Waals surface area contributed by atoms with Gasteiger partial charge in [0.25, 0.3) is 0 Å². The molecule has 0 aliphatic heterocycles. The molecule has 1 unspecified atom stereocenters. The maximum absolute atomic E-state index is 2.47. The van der Waals surface area contributed by atoms with Gasteiger partial charge in [0.1, 0.15) is 0 Å². The maximum atomic E-state index is 2.47. The Morgan fingerprint density at radius 3 is 1.74 bits per heavy atom. The van der Waals surface area contributed by atoms with Gasteiger partial charge in [-0.3, -0.25) is 0 Å². The van der Waals surface area contributed by atoms with E-state index in [1.165, 1.54) is 108 Å². The van der Waals surface area contributed by atoms with Gasteiger partial charge < -0.3 is 4.90 Å². The lowest BCUT2D eigenvalue weighted by molar-refractivity contribution is 0.794. The molecule has 0 fully saturated rings. The van der Waals surface area contributed by atoms with Crippen LogP contribution in [0.15, 0.2) is 237 Å². The Balaban J connectivity index is 0.924. The SMILES string of the molecule is c1ccc(-c2cccc(N(c3ccc4ccccc4c3)c3ccc4sc5ccc(-c6ccc7c(c6)-c6ccccc6C76c7ccccc7-c7c6ccc6ccccc76)cc5c4c3)c2)cc1. The quantitative estimate of drug-likeness (QED) is 0.167. The van der Waals surface area contributed by atoms with Gasteiger partial charge in [-0.05, 0) is 149 Å². The van der Waals surface area contributed by atoms with Crippen LogP contribution in [-0.2, 0) is 5.41 Å². The highest BCUT2D eigenvalue weighted by molar-refractivity contribution is 7.25. The van der Waals surface area contributed by atoms with Gasteiger partial charge in [0.15, 0.2) is 0 Å². The summed E-state index contributed by atoms with van der Waals surface area (Å²) in [6, 6.07) is 88.3. The lowest BCUT2D eigenvalue weighted by atomic mass is 9.70. The van der Waals surface area contributed by atoms with E-state index in [2.05, 4.69) is 241 Å². The standard InChI is InChI=1S/C63H39NS/c1-2-13-40(14-3-1)44-18-12-19-47(35-44)64(48-29-25-41-15-4-5-17-43(41)36-48)49-30-34-61-55(39-49)54-38-46(28-33-60(54)65-61)45-27-31-58-53(37-45)51-21-8-10-23-56(51)63(58)57-24-11-9-22-52(57)62-50-20-7-6-16-42(50)26-32-59(62)63/h1-39H. The molecule has 11 aromatic carbocycles. The van der Waals surface area contributed by atoms with Crippen molar-refractivity contribution in [1.82, 2.24) is 0 Å². The highest BCUT2D eigenvalue weighted by Crippen LogP contribution is 2.64. The number of anilines is 3. The van der Waals surface area contributed by atoms with Gasteiger partial charge in [-0.1, -0.05) is 176 Å². The molecule has 2 heteroatoms. The summed E-state index contributed by atoms with van der Waals surface area (Å²) >= 11 is 1.87. The first kappa shape index (κ1) is 36.4. The predicted octanol–water partition coefficient (Wildman–Crippen LogP) is 17.5. The summed E-state index contributed by atoms with van der Waals surface area (Å²) in [6.45, 7) is 0. The molecule has 302 valence electrons.